The Morgan fingerprint density at radius 1 is 1.00 bits per heavy atom. The molecule has 2 aromatic carbocycles. The summed E-state index contributed by atoms with van der Waals surface area (Å²) in [6.45, 7) is 12.9. The van der Waals surface area contributed by atoms with Crippen molar-refractivity contribution in [3.05, 3.63) is 76.9 Å². The van der Waals surface area contributed by atoms with Crippen molar-refractivity contribution in [1.29, 1.82) is 0 Å². The second-order valence-corrected chi connectivity index (χ2v) is 10.9. The van der Waals surface area contributed by atoms with E-state index in [1.54, 1.807) is 0 Å². The van der Waals surface area contributed by atoms with E-state index < -0.39 is 11.6 Å². The summed E-state index contributed by atoms with van der Waals surface area (Å²) in [7, 11) is 0. The Morgan fingerprint density at radius 2 is 1.69 bits per heavy atom. The maximum Gasteiger partial charge on any atom is 0.227 e. The van der Waals surface area contributed by atoms with E-state index in [0.29, 0.717) is 31.7 Å². The Morgan fingerprint density at radius 3 is 2.34 bits per heavy atom. The SMILES string of the molecule is CC.CC(C)(C)N1C[C@@H](C(=O)N2CCC3(C=Cc4ccccc43)CC2)[C@H](c2ccc(F)cc2F)C1. The van der Waals surface area contributed by atoms with Gasteiger partial charge in [-0.15, -0.1) is 0 Å². The van der Waals surface area contributed by atoms with Crippen molar-refractivity contribution in [2.24, 2.45) is 5.92 Å². The third-order valence-corrected chi connectivity index (χ3v) is 7.99. The summed E-state index contributed by atoms with van der Waals surface area (Å²) >= 11 is 0. The average Bonchev–Trinajstić information content (AvgIpc) is 3.44. The Hall–Kier alpha value is -2.53. The number of carbonyl (C=O) groups excluding carboxylic acids is 1. The third kappa shape index (κ3) is 4.80. The van der Waals surface area contributed by atoms with Crippen molar-refractivity contribution in [2.75, 3.05) is 26.2 Å². The Balaban J connectivity index is 0.00000141. The van der Waals surface area contributed by atoms with Gasteiger partial charge in [0.1, 0.15) is 11.6 Å². The van der Waals surface area contributed by atoms with Crippen LogP contribution >= 0.6 is 0 Å². The lowest BCUT2D eigenvalue weighted by atomic mass is 9.74. The molecule has 0 aromatic heterocycles. The number of amides is 1. The van der Waals surface area contributed by atoms with Crippen LogP contribution in [0.15, 0.2) is 48.5 Å². The summed E-state index contributed by atoms with van der Waals surface area (Å²) in [5.41, 5.74) is 2.98. The molecule has 2 aromatic rings. The van der Waals surface area contributed by atoms with Gasteiger partial charge in [-0.2, -0.15) is 0 Å². The summed E-state index contributed by atoms with van der Waals surface area (Å²) in [5.74, 6) is -1.65. The second-order valence-electron chi connectivity index (χ2n) is 10.9. The van der Waals surface area contributed by atoms with E-state index in [1.807, 2.05) is 18.7 Å². The smallest absolute Gasteiger partial charge is 0.227 e. The van der Waals surface area contributed by atoms with E-state index in [0.717, 1.165) is 18.9 Å². The maximum absolute atomic E-state index is 14.8. The number of likely N-dealkylation sites (tertiary alicyclic amines) is 2. The van der Waals surface area contributed by atoms with Crippen molar-refractivity contribution < 1.29 is 13.6 Å². The first kappa shape index (κ1) is 25.6. The number of carbonyl (C=O) groups is 1. The van der Waals surface area contributed by atoms with Gasteiger partial charge in [-0.05, 0) is 56.4 Å². The number of piperidine rings is 1. The quantitative estimate of drug-likeness (QED) is 0.497. The molecule has 2 heterocycles. The van der Waals surface area contributed by atoms with Crippen LogP contribution in [0, 0.1) is 17.6 Å². The van der Waals surface area contributed by atoms with Gasteiger partial charge in [0.2, 0.25) is 5.91 Å². The molecule has 2 saturated heterocycles. The molecule has 5 rings (SSSR count). The Labute approximate surface area is 208 Å². The number of halogens is 2. The van der Waals surface area contributed by atoms with Gasteiger partial charge in [0.25, 0.3) is 0 Å². The van der Waals surface area contributed by atoms with Gasteiger partial charge in [-0.1, -0.05) is 56.3 Å². The number of nitrogens with zero attached hydrogens (tertiary/aromatic N) is 2. The highest BCUT2D eigenvalue weighted by Gasteiger charge is 2.46. The van der Waals surface area contributed by atoms with Crippen LogP contribution in [0.1, 0.15) is 70.1 Å². The summed E-state index contributed by atoms with van der Waals surface area (Å²) in [6.07, 6.45) is 6.32. The summed E-state index contributed by atoms with van der Waals surface area (Å²) in [6, 6.07) is 12.3. The van der Waals surface area contributed by atoms with E-state index in [-0.39, 0.29) is 28.7 Å². The number of fused-ring (bicyclic) bond motifs is 2. The van der Waals surface area contributed by atoms with Crippen molar-refractivity contribution >= 4 is 12.0 Å². The van der Waals surface area contributed by atoms with Gasteiger partial charge in [-0.3, -0.25) is 9.69 Å². The number of hydrogen-bond acceptors (Lipinski definition) is 2. The highest BCUT2D eigenvalue weighted by molar-refractivity contribution is 5.81. The Kier molecular flexibility index (Phi) is 7.19. The van der Waals surface area contributed by atoms with E-state index in [9.17, 15) is 13.6 Å². The minimum atomic E-state index is -0.587. The molecule has 0 bridgehead atoms. The number of hydrogen-bond donors (Lipinski definition) is 0. The maximum atomic E-state index is 14.8. The predicted octanol–water partition coefficient (Wildman–Crippen LogP) is 6.39. The molecule has 1 spiro atoms. The molecule has 2 aliphatic heterocycles. The van der Waals surface area contributed by atoms with E-state index in [2.05, 4.69) is 62.1 Å². The lowest BCUT2D eigenvalue weighted by molar-refractivity contribution is -0.137. The number of allylic oxidation sites excluding steroid dienone is 1. The average molecular weight is 481 g/mol. The molecule has 1 aliphatic carbocycles. The second kappa shape index (κ2) is 9.85. The molecule has 2 atom stereocenters. The molecule has 0 unspecified atom stereocenters. The monoisotopic (exact) mass is 480 g/mol. The van der Waals surface area contributed by atoms with Crippen molar-refractivity contribution in [3.8, 4) is 0 Å². The minimum Gasteiger partial charge on any atom is -0.342 e. The molecule has 3 aliphatic rings. The molecule has 2 fully saturated rings. The molecule has 35 heavy (non-hydrogen) atoms. The zero-order valence-electron chi connectivity index (χ0n) is 21.7. The van der Waals surface area contributed by atoms with Crippen LogP contribution in [0.25, 0.3) is 6.08 Å². The highest BCUT2D eigenvalue weighted by atomic mass is 19.1. The fraction of sp³-hybridized carbons (Fsp3) is 0.500. The van der Waals surface area contributed by atoms with E-state index in [1.165, 1.54) is 23.3 Å². The van der Waals surface area contributed by atoms with Gasteiger partial charge in [0.05, 0.1) is 5.92 Å². The van der Waals surface area contributed by atoms with E-state index >= 15 is 0 Å². The summed E-state index contributed by atoms with van der Waals surface area (Å²) in [4.78, 5) is 18.0. The predicted molar refractivity (Wildman–Crippen MR) is 138 cm³/mol. The number of benzene rings is 2. The minimum absolute atomic E-state index is 0.0168. The first-order chi connectivity index (χ1) is 16.7. The van der Waals surface area contributed by atoms with Crippen LogP contribution in [0.5, 0.6) is 0 Å². The van der Waals surface area contributed by atoms with Crippen LogP contribution in [0.3, 0.4) is 0 Å². The van der Waals surface area contributed by atoms with Crippen molar-refractivity contribution in [3.63, 3.8) is 0 Å². The largest absolute Gasteiger partial charge is 0.342 e. The van der Waals surface area contributed by atoms with E-state index in [4.69, 9.17) is 0 Å². The van der Waals surface area contributed by atoms with Gasteiger partial charge in [-0.25, -0.2) is 8.78 Å². The van der Waals surface area contributed by atoms with Crippen LogP contribution in [0.2, 0.25) is 0 Å². The van der Waals surface area contributed by atoms with Crippen molar-refractivity contribution in [2.45, 2.75) is 64.3 Å². The zero-order valence-corrected chi connectivity index (χ0v) is 21.7. The Bertz CT molecular complexity index is 1100. The lowest BCUT2D eigenvalue weighted by Gasteiger charge is -2.40. The zero-order chi connectivity index (χ0) is 25.4. The normalized spacial score (nSPS) is 23.2. The molecular weight excluding hydrogens is 442 g/mol. The van der Waals surface area contributed by atoms with Crippen LogP contribution in [0.4, 0.5) is 8.78 Å². The molecular formula is C30H38F2N2O. The van der Waals surface area contributed by atoms with Crippen LogP contribution in [-0.4, -0.2) is 47.4 Å². The van der Waals surface area contributed by atoms with Gasteiger partial charge >= 0.3 is 0 Å². The topological polar surface area (TPSA) is 23.6 Å². The molecule has 5 heteroatoms. The van der Waals surface area contributed by atoms with Gasteiger partial charge < -0.3 is 4.90 Å². The first-order valence-electron chi connectivity index (χ1n) is 13.0. The molecule has 0 radical (unpaired) electrons. The highest BCUT2D eigenvalue weighted by Crippen LogP contribution is 2.45. The molecule has 0 saturated carbocycles. The first-order valence-corrected chi connectivity index (χ1v) is 13.0. The standard InChI is InChI=1S/C28H32F2N2O.C2H6/c1-27(2,3)32-17-22(21-9-8-20(29)16-25(21)30)23(18-32)26(33)31-14-12-28(13-15-31)11-10-19-6-4-5-7-24(19)28;1-2/h4-11,16,22-23H,12-15,17-18H2,1-3H3;1-2H3/t22-,23+;/m0./s1. The van der Waals surface area contributed by atoms with Gasteiger partial charge in [0, 0.05) is 49.1 Å². The fourth-order valence-corrected chi connectivity index (χ4v) is 5.95. The molecule has 3 nitrogen and oxygen atoms in total. The fourth-order valence-electron chi connectivity index (χ4n) is 5.95. The van der Waals surface area contributed by atoms with Gasteiger partial charge in [0.15, 0.2) is 0 Å². The molecule has 0 N–H and O–H groups in total. The van der Waals surface area contributed by atoms with Crippen molar-refractivity contribution in [1.82, 2.24) is 9.80 Å². The van der Waals surface area contributed by atoms with Crippen LogP contribution < -0.4 is 0 Å². The lowest BCUT2D eigenvalue weighted by Crippen LogP contribution is -2.47. The summed E-state index contributed by atoms with van der Waals surface area (Å²) in [5, 5.41) is 0. The van der Waals surface area contributed by atoms with Crippen LogP contribution in [-0.2, 0) is 10.2 Å². The number of rotatable bonds is 2. The third-order valence-electron chi connectivity index (χ3n) is 7.99. The molecule has 1 amide bonds. The molecule has 188 valence electrons. The summed E-state index contributed by atoms with van der Waals surface area (Å²) < 4.78 is 28.3.